The molecule has 3 N–H and O–H groups in total. The molecule has 2 aliphatic rings. The lowest BCUT2D eigenvalue weighted by Crippen LogP contribution is -2.71. The number of hydrogen-bond donors (Lipinski definition) is 3. The summed E-state index contributed by atoms with van der Waals surface area (Å²) in [5.74, 6) is 6.37. The molecular weight excluding hydrogens is 535 g/mol. The molecule has 0 aromatic heterocycles. The number of β-amino-alcohol motifs (C(OH)–C–C–N with tert-alkyl or cyclic N) is 1. The quantitative estimate of drug-likeness (QED) is 0.407. The summed E-state index contributed by atoms with van der Waals surface area (Å²) >= 11 is 0. The lowest BCUT2D eigenvalue weighted by Gasteiger charge is -2.59. The molecule has 220 valence electrons. The number of hydrogen-bond acceptors (Lipinski definition) is 6. The second kappa shape index (κ2) is 12.9. The van der Waals surface area contributed by atoms with Gasteiger partial charge >= 0.3 is 6.03 Å². The predicted molar refractivity (Wildman–Crippen MR) is 160 cm³/mol. The van der Waals surface area contributed by atoms with E-state index in [0.29, 0.717) is 30.1 Å². The molecule has 5 atom stereocenters. The number of rotatable bonds is 5. The summed E-state index contributed by atoms with van der Waals surface area (Å²) in [5, 5.41) is 24.5. The molecule has 0 aliphatic carbocycles. The minimum atomic E-state index is -1.07. The van der Waals surface area contributed by atoms with Crippen LogP contribution in [0, 0.1) is 17.7 Å². The van der Waals surface area contributed by atoms with Crippen LogP contribution in [0.1, 0.15) is 22.6 Å². The first-order chi connectivity index (χ1) is 20.2. The minimum absolute atomic E-state index is 0.0170. The molecule has 0 saturated carbocycles. The highest BCUT2D eigenvalue weighted by atomic mass is 19.1. The number of nitrogens with one attached hydrogen (secondary N) is 1. The van der Waals surface area contributed by atoms with Crippen molar-refractivity contribution < 1.29 is 24.1 Å². The number of methoxy groups -OCH3 is 1. The third kappa shape index (κ3) is 6.58. The van der Waals surface area contributed by atoms with Crippen LogP contribution in [0.25, 0.3) is 0 Å². The molecule has 3 aromatic rings. The Kier molecular flexibility index (Phi) is 9.09. The van der Waals surface area contributed by atoms with Crippen LogP contribution in [0.15, 0.2) is 72.8 Å². The van der Waals surface area contributed by atoms with Crippen molar-refractivity contribution in [2.24, 2.45) is 0 Å². The number of benzene rings is 3. The van der Waals surface area contributed by atoms with Gasteiger partial charge in [-0.05, 0) is 68.2 Å². The number of carbonyl (C=O) groups is 1. The molecular formula is C33H37FN4O4. The molecule has 42 heavy (non-hydrogen) atoms. The van der Waals surface area contributed by atoms with Crippen molar-refractivity contribution in [1.82, 2.24) is 14.7 Å². The zero-order chi connectivity index (χ0) is 29.8. The molecule has 0 radical (unpaired) electrons. The zero-order valence-corrected chi connectivity index (χ0v) is 24.1. The van der Waals surface area contributed by atoms with Gasteiger partial charge in [0, 0.05) is 48.9 Å². The van der Waals surface area contributed by atoms with Crippen molar-refractivity contribution in [1.29, 1.82) is 0 Å². The Morgan fingerprint density at radius 3 is 2.33 bits per heavy atom. The average Bonchev–Trinajstić information content (AvgIpc) is 2.98. The van der Waals surface area contributed by atoms with Crippen molar-refractivity contribution in [3.05, 3.63) is 95.3 Å². The van der Waals surface area contributed by atoms with Gasteiger partial charge in [0.2, 0.25) is 0 Å². The Hall–Kier alpha value is -3.94. The third-order valence-electron chi connectivity index (χ3n) is 8.03. The van der Waals surface area contributed by atoms with E-state index in [4.69, 9.17) is 4.74 Å². The van der Waals surface area contributed by atoms with E-state index in [-0.39, 0.29) is 36.4 Å². The van der Waals surface area contributed by atoms with Crippen LogP contribution in [-0.4, -0.2) is 103 Å². The van der Waals surface area contributed by atoms with Crippen molar-refractivity contribution in [3.8, 4) is 17.6 Å². The number of carbonyl (C=O) groups excluding carboxylic acids is 1. The summed E-state index contributed by atoms with van der Waals surface area (Å²) in [5.41, 5.74) is 2.84. The Morgan fingerprint density at radius 2 is 1.67 bits per heavy atom. The van der Waals surface area contributed by atoms with Crippen molar-refractivity contribution in [2.45, 2.75) is 30.2 Å². The van der Waals surface area contributed by atoms with Gasteiger partial charge in [0.1, 0.15) is 11.6 Å². The summed E-state index contributed by atoms with van der Waals surface area (Å²) in [6.45, 7) is 1.47. The van der Waals surface area contributed by atoms with Crippen molar-refractivity contribution in [2.75, 3.05) is 52.7 Å². The summed E-state index contributed by atoms with van der Waals surface area (Å²) in [6.07, 6.45) is -2.07. The summed E-state index contributed by atoms with van der Waals surface area (Å²) in [4.78, 5) is 19.3. The van der Waals surface area contributed by atoms with Crippen LogP contribution in [0.5, 0.6) is 5.75 Å². The van der Waals surface area contributed by atoms with Gasteiger partial charge < -0.3 is 30.1 Å². The fraction of sp³-hybridized carbons (Fsp3) is 0.364. The molecule has 0 unspecified atom stereocenters. The van der Waals surface area contributed by atoms with Crippen LogP contribution in [0.4, 0.5) is 14.9 Å². The second-order valence-electron chi connectivity index (χ2n) is 11.2. The number of amides is 2. The average molecular weight is 573 g/mol. The number of aliphatic hydroxyl groups is 2. The SMILES string of the molecule is COc1ccc(NC(=O)N2C[C@H](O)[C@H](O)CN3[C@H](CN(C)C)[C@H](c4ccc(C#Cc5ccccc5F)cc4)[C@@H]3C2)cc1. The van der Waals surface area contributed by atoms with E-state index in [1.807, 2.05) is 38.4 Å². The van der Waals surface area contributed by atoms with E-state index >= 15 is 0 Å². The first kappa shape index (κ1) is 29.5. The second-order valence-corrected chi connectivity index (χ2v) is 11.2. The number of ether oxygens (including phenoxy) is 1. The highest BCUT2D eigenvalue weighted by Crippen LogP contribution is 2.42. The van der Waals surface area contributed by atoms with Crippen LogP contribution < -0.4 is 10.1 Å². The molecule has 2 heterocycles. The first-order valence-electron chi connectivity index (χ1n) is 14.1. The molecule has 2 fully saturated rings. The van der Waals surface area contributed by atoms with E-state index in [2.05, 4.69) is 27.0 Å². The van der Waals surface area contributed by atoms with Crippen molar-refractivity contribution in [3.63, 3.8) is 0 Å². The maximum absolute atomic E-state index is 14.0. The number of nitrogens with zero attached hydrogens (tertiary/aromatic N) is 3. The summed E-state index contributed by atoms with van der Waals surface area (Å²) in [6, 6.07) is 21.1. The smallest absolute Gasteiger partial charge is 0.321 e. The molecule has 2 saturated heterocycles. The van der Waals surface area contributed by atoms with E-state index < -0.39 is 12.2 Å². The maximum atomic E-state index is 14.0. The molecule has 8 nitrogen and oxygen atoms in total. The summed E-state index contributed by atoms with van der Waals surface area (Å²) < 4.78 is 19.2. The highest BCUT2D eigenvalue weighted by Gasteiger charge is 2.51. The van der Waals surface area contributed by atoms with E-state index in [1.165, 1.54) is 6.07 Å². The molecule has 3 aromatic carbocycles. The van der Waals surface area contributed by atoms with Gasteiger partial charge in [-0.15, -0.1) is 0 Å². The zero-order valence-electron chi connectivity index (χ0n) is 24.1. The predicted octanol–water partition coefficient (Wildman–Crippen LogP) is 3.20. The Labute approximate surface area is 246 Å². The lowest BCUT2D eigenvalue weighted by molar-refractivity contribution is -0.105. The lowest BCUT2D eigenvalue weighted by atomic mass is 9.73. The third-order valence-corrected chi connectivity index (χ3v) is 8.03. The van der Waals surface area contributed by atoms with E-state index in [9.17, 15) is 19.4 Å². The number of halogens is 1. The number of likely N-dealkylation sites (N-methyl/N-ethyl adjacent to an activating group) is 1. The fourth-order valence-electron chi connectivity index (χ4n) is 5.86. The van der Waals surface area contributed by atoms with Gasteiger partial charge in [-0.3, -0.25) is 4.90 Å². The Bertz CT molecular complexity index is 1440. The van der Waals surface area contributed by atoms with Gasteiger partial charge in [-0.1, -0.05) is 36.1 Å². The van der Waals surface area contributed by atoms with E-state index in [0.717, 1.165) is 17.7 Å². The molecule has 0 spiro atoms. The number of aliphatic hydroxyl groups excluding tert-OH is 2. The van der Waals surface area contributed by atoms with Gasteiger partial charge in [0.05, 0.1) is 31.4 Å². The normalized spacial score (nSPS) is 24.0. The van der Waals surface area contributed by atoms with Gasteiger partial charge in [-0.2, -0.15) is 0 Å². The minimum Gasteiger partial charge on any atom is -0.497 e. The van der Waals surface area contributed by atoms with Crippen LogP contribution in [-0.2, 0) is 0 Å². The van der Waals surface area contributed by atoms with Crippen molar-refractivity contribution >= 4 is 11.7 Å². The topological polar surface area (TPSA) is 88.5 Å². The van der Waals surface area contributed by atoms with Crippen LogP contribution in [0.3, 0.4) is 0 Å². The number of fused-ring (bicyclic) bond motifs is 1. The molecule has 0 bridgehead atoms. The van der Waals surface area contributed by atoms with Gasteiger partial charge in [-0.25, -0.2) is 9.18 Å². The standard InChI is InChI=1S/C33H37FN4O4/c1-36(2)18-28-32(24-12-9-22(10-13-24)8-11-23-6-4-5-7-27(23)34)29-19-37(20-30(39)31(40)21-38(28)29)33(41)35-25-14-16-26(42-3)17-15-25/h4-7,9-10,12-17,28-32,39-40H,18-21H2,1-3H3,(H,35,41)/t28-,29+,30+,31-,32+/m1/s1. The monoisotopic (exact) mass is 572 g/mol. The Morgan fingerprint density at radius 1 is 0.976 bits per heavy atom. The highest BCUT2D eigenvalue weighted by molar-refractivity contribution is 5.89. The fourth-order valence-corrected chi connectivity index (χ4v) is 5.86. The van der Waals surface area contributed by atoms with E-state index in [1.54, 1.807) is 54.5 Å². The Balaban J connectivity index is 1.38. The van der Waals surface area contributed by atoms with Gasteiger partial charge in [0.25, 0.3) is 0 Å². The van der Waals surface area contributed by atoms with Crippen LogP contribution >= 0.6 is 0 Å². The maximum Gasteiger partial charge on any atom is 0.321 e. The summed E-state index contributed by atoms with van der Waals surface area (Å²) in [7, 11) is 5.60. The number of urea groups is 1. The molecule has 2 amide bonds. The van der Waals surface area contributed by atoms with Crippen LogP contribution in [0.2, 0.25) is 0 Å². The molecule has 9 heteroatoms. The number of anilines is 1. The van der Waals surface area contributed by atoms with Gasteiger partial charge in [0.15, 0.2) is 0 Å². The first-order valence-corrected chi connectivity index (χ1v) is 14.1. The largest absolute Gasteiger partial charge is 0.497 e. The molecule has 5 rings (SSSR count). The molecule has 2 aliphatic heterocycles.